The van der Waals surface area contributed by atoms with Gasteiger partial charge in [-0.2, -0.15) is 5.26 Å². The van der Waals surface area contributed by atoms with Gasteiger partial charge in [-0.05, 0) is 18.1 Å². The van der Waals surface area contributed by atoms with E-state index in [9.17, 15) is 10.1 Å². The van der Waals surface area contributed by atoms with Gasteiger partial charge in [0.1, 0.15) is 11.6 Å². The van der Waals surface area contributed by atoms with Crippen molar-refractivity contribution in [3.8, 4) is 6.07 Å². The van der Waals surface area contributed by atoms with Gasteiger partial charge in [-0.3, -0.25) is 10.1 Å². The Balaban J connectivity index is 2.61. The molecule has 0 spiro atoms. The maximum absolute atomic E-state index is 10.6. The zero-order chi connectivity index (χ0) is 10.1. The molecular formula is C9H7N3O2. The third kappa shape index (κ3) is 1.17. The van der Waals surface area contributed by atoms with Gasteiger partial charge in [-0.15, -0.1) is 0 Å². The first-order valence-corrected chi connectivity index (χ1v) is 4.17. The van der Waals surface area contributed by atoms with E-state index in [0.717, 1.165) is 24.2 Å². The summed E-state index contributed by atoms with van der Waals surface area (Å²) in [5.74, 6) is 0. The summed E-state index contributed by atoms with van der Waals surface area (Å²) >= 11 is 0. The Labute approximate surface area is 80.1 Å². The summed E-state index contributed by atoms with van der Waals surface area (Å²) in [4.78, 5) is 10.1. The summed E-state index contributed by atoms with van der Waals surface area (Å²) in [6.45, 7) is 0.779. The lowest BCUT2D eigenvalue weighted by molar-refractivity contribution is -0.385. The zero-order valence-corrected chi connectivity index (χ0v) is 7.28. The molecule has 1 heterocycles. The first-order chi connectivity index (χ1) is 6.72. The minimum Gasteiger partial charge on any atom is -0.384 e. The molecule has 1 aliphatic heterocycles. The predicted octanol–water partition coefficient (Wildman–Crippen LogP) is 1.43. The van der Waals surface area contributed by atoms with Crippen molar-refractivity contribution in [2.75, 3.05) is 11.9 Å². The van der Waals surface area contributed by atoms with Crippen LogP contribution in [0.2, 0.25) is 0 Å². The summed E-state index contributed by atoms with van der Waals surface area (Å²) in [5, 5.41) is 22.4. The molecule has 0 unspecified atom stereocenters. The number of nitrogens with one attached hydrogen (secondary N) is 1. The number of nitro benzene ring substituents is 1. The average molecular weight is 189 g/mol. The number of rotatable bonds is 1. The van der Waals surface area contributed by atoms with Crippen LogP contribution in [0.1, 0.15) is 11.1 Å². The van der Waals surface area contributed by atoms with Crippen molar-refractivity contribution in [2.24, 2.45) is 0 Å². The van der Waals surface area contributed by atoms with Crippen molar-refractivity contribution in [3.05, 3.63) is 33.4 Å². The minimum absolute atomic E-state index is 0.124. The topological polar surface area (TPSA) is 79.0 Å². The SMILES string of the molecule is N#Cc1cc2c(cc1[N+](=O)[O-])NCC2. The van der Waals surface area contributed by atoms with Crippen LogP contribution < -0.4 is 5.32 Å². The zero-order valence-electron chi connectivity index (χ0n) is 7.28. The predicted molar refractivity (Wildman–Crippen MR) is 50.0 cm³/mol. The first kappa shape index (κ1) is 8.51. The minimum atomic E-state index is -0.529. The smallest absolute Gasteiger partial charge is 0.289 e. The highest BCUT2D eigenvalue weighted by atomic mass is 16.6. The van der Waals surface area contributed by atoms with Crippen LogP contribution in [0.3, 0.4) is 0 Å². The van der Waals surface area contributed by atoms with Gasteiger partial charge in [0.15, 0.2) is 0 Å². The Hall–Kier alpha value is -2.09. The van der Waals surface area contributed by atoms with Crippen LogP contribution in [0.4, 0.5) is 11.4 Å². The lowest BCUT2D eigenvalue weighted by Crippen LogP contribution is -1.95. The Kier molecular flexibility index (Phi) is 1.82. The van der Waals surface area contributed by atoms with Gasteiger partial charge in [-0.25, -0.2) is 0 Å². The molecule has 2 rings (SSSR count). The largest absolute Gasteiger partial charge is 0.384 e. The van der Waals surface area contributed by atoms with Crippen molar-refractivity contribution in [1.29, 1.82) is 5.26 Å². The van der Waals surface area contributed by atoms with Gasteiger partial charge in [0.25, 0.3) is 5.69 Å². The Morgan fingerprint density at radius 3 is 3.00 bits per heavy atom. The standard InChI is InChI=1S/C9H7N3O2/c10-5-7-3-6-1-2-11-8(6)4-9(7)12(13)14/h3-4,11H,1-2H2. The fourth-order valence-electron chi connectivity index (χ4n) is 1.58. The van der Waals surface area contributed by atoms with Crippen molar-refractivity contribution in [3.63, 3.8) is 0 Å². The van der Waals surface area contributed by atoms with E-state index in [1.807, 2.05) is 6.07 Å². The van der Waals surface area contributed by atoms with Crippen molar-refractivity contribution >= 4 is 11.4 Å². The first-order valence-electron chi connectivity index (χ1n) is 4.17. The molecule has 0 fully saturated rings. The molecule has 1 aromatic rings. The maximum Gasteiger partial charge on any atom is 0.289 e. The number of nitriles is 1. The summed E-state index contributed by atoms with van der Waals surface area (Å²) in [6, 6.07) is 4.86. The van der Waals surface area contributed by atoms with Crippen LogP contribution in [0, 0.1) is 21.4 Å². The van der Waals surface area contributed by atoms with Crippen LogP contribution >= 0.6 is 0 Å². The molecule has 0 saturated carbocycles. The highest BCUT2D eigenvalue weighted by Gasteiger charge is 2.20. The van der Waals surface area contributed by atoms with Crippen LogP contribution in [-0.4, -0.2) is 11.5 Å². The van der Waals surface area contributed by atoms with E-state index in [2.05, 4.69) is 5.32 Å². The summed E-state index contributed by atoms with van der Waals surface area (Å²) in [5.41, 5.74) is 1.76. The molecule has 14 heavy (non-hydrogen) atoms. The van der Waals surface area contributed by atoms with E-state index in [1.165, 1.54) is 6.07 Å². The molecule has 0 atom stereocenters. The molecule has 0 aliphatic carbocycles. The molecule has 0 amide bonds. The van der Waals surface area contributed by atoms with Crippen LogP contribution in [-0.2, 0) is 6.42 Å². The number of anilines is 1. The van der Waals surface area contributed by atoms with Crippen molar-refractivity contribution in [1.82, 2.24) is 0 Å². The Morgan fingerprint density at radius 1 is 1.57 bits per heavy atom. The summed E-state index contributed by atoms with van der Waals surface area (Å²) in [6.07, 6.45) is 0.821. The van der Waals surface area contributed by atoms with Crippen molar-refractivity contribution in [2.45, 2.75) is 6.42 Å². The third-order valence-electron chi connectivity index (χ3n) is 2.25. The van der Waals surface area contributed by atoms with E-state index in [-0.39, 0.29) is 11.3 Å². The molecule has 0 radical (unpaired) electrons. The van der Waals surface area contributed by atoms with E-state index in [4.69, 9.17) is 5.26 Å². The molecule has 5 nitrogen and oxygen atoms in total. The van der Waals surface area contributed by atoms with Crippen LogP contribution in [0.25, 0.3) is 0 Å². The summed E-state index contributed by atoms with van der Waals surface area (Å²) < 4.78 is 0. The molecule has 0 bridgehead atoms. The van der Waals surface area contributed by atoms with Gasteiger partial charge in [-0.1, -0.05) is 0 Å². The molecule has 1 N–H and O–H groups in total. The highest BCUT2D eigenvalue weighted by Crippen LogP contribution is 2.30. The van der Waals surface area contributed by atoms with Gasteiger partial charge in [0.05, 0.1) is 4.92 Å². The van der Waals surface area contributed by atoms with Gasteiger partial charge in [0.2, 0.25) is 0 Å². The van der Waals surface area contributed by atoms with E-state index in [1.54, 1.807) is 6.07 Å². The van der Waals surface area contributed by atoms with Gasteiger partial charge >= 0.3 is 0 Å². The van der Waals surface area contributed by atoms with E-state index in [0.29, 0.717) is 0 Å². The van der Waals surface area contributed by atoms with Crippen LogP contribution in [0.5, 0.6) is 0 Å². The number of nitrogens with zero attached hydrogens (tertiary/aromatic N) is 2. The fourth-order valence-corrected chi connectivity index (χ4v) is 1.58. The number of hydrogen-bond donors (Lipinski definition) is 1. The second-order valence-corrected chi connectivity index (χ2v) is 3.07. The third-order valence-corrected chi connectivity index (χ3v) is 2.25. The number of nitro groups is 1. The van der Waals surface area contributed by atoms with Crippen molar-refractivity contribution < 1.29 is 4.92 Å². The molecule has 0 aromatic heterocycles. The Bertz CT molecular complexity index is 448. The normalized spacial score (nSPS) is 12.8. The Morgan fingerprint density at radius 2 is 2.36 bits per heavy atom. The number of benzene rings is 1. The average Bonchev–Trinajstić information content (AvgIpc) is 2.62. The number of hydrogen-bond acceptors (Lipinski definition) is 4. The lowest BCUT2D eigenvalue weighted by atomic mass is 10.1. The van der Waals surface area contributed by atoms with E-state index < -0.39 is 4.92 Å². The second kappa shape index (κ2) is 3.00. The number of fused-ring (bicyclic) bond motifs is 1. The molecule has 5 heteroatoms. The monoisotopic (exact) mass is 189 g/mol. The van der Waals surface area contributed by atoms with Gasteiger partial charge < -0.3 is 5.32 Å². The summed E-state index contributed by atoms with van der Waals surface area (Å²) in [7, 11) is 0. The van der Waals surface area contributed by atoms with Crippen LogP contribution in [0.15, 0.2) is 12.1 Å². The lowest BCUT2D eigenvalue weighted by Gasteiger charge is -2.00. The molecule has 0 saturated heterocycles. The second-order valence-electron chi connectivity index (χ2n) is 3.07. The maximum atomic E-state index is 10.6. The molecule has 1 aromatic carbocycles. The molecule has 70 valence electrons. The fraction of sp³-hybridized carbons (Fsp3) is 0.222. The molecular weight excluding hydrogens is 182 g/mol. The molecule has 1 aliphatic rings. The highest BCUT2D eigenvalue weighted by molar-refractivity contribution is 5.65. The van der Waals surface area contributed by atoms with Gasteiger partial charge in [0, 0.05) is 18.3 Å². The van der Waals surface area contributed by atoms with E-state index >= 15 is 0 Å². The quantitative estimate of drug-likeness (QED) is 0.535.